The summed E-state index contributed by atoms with van der Waals surface area (Å²) in [4.78, 5) is 0. The van der Waals surface area contributed by atoms with Gasteiger partial charge in [0.1, 0.15) is 0 Å². The minimum atomic E-state index is -1.44. The summed E-state index contributed by atoms with van der Waals surface area (Å²) in [5, 5.41) is 0. The molecule has 1 aromatic heterocycles. The molecule has 0 fully saturated rings. The van der Waals surface area contributed by atoms with E-state index >= 15 is 0 Å². The summed E-state index contributed by atoms with van der Waals surface area (Å²) in [7, 11) is 2.00. The molecule has 1 rings (SSSR count). The number of nitrogens with zero attached hydrogens (tertiary/aromatic N) is 1. The average molecular weight is 168 g/mol. The first-order valence-corrected chi connectivity index (χ1v) is 3.24. The molecule has 0 spiro atoms. The summed E-state index contributed by atoms with van der Waals surface area (Å²) >= 11 is -1.44. The molecule has 0 unspecified atom stereocenters. The van der Waals surface area contributed by atoms with Gasteiger partial charge < -0.3 is 4.57 Å². The van der Waals surface area contributed by atoms with Crippen molar-refractivity contribution in [2.45, 2.75) is 0 Å². The molecule has 0 radical (unpaired) electrons. The number of aryl methyl sites for hydroxylation is 1. The molecular formula is C5H7MnNO2. The first-order valence-electron chi connectivity index (χ1n) is 2.27. The normalized spacial score (nSPS) is 7.22. The predicted octanol–water partition coefficient (Wildman–Crippen LogP) is 0.785. The average Bonchev–Trinajstić information content (AvgIpc) is 2.20. The molecule has 0 aromatic carbocycles. The van der Waals surface area contributed by atoms with Gasteiger partial charge in [0.2, 0.25) is 0 Å². The fraction of sp³-hybridized carbons (Fsp3) is 0.200. The van der Waals surface area contributed by atoms with Crippen molar-refractivity contribution >= 4 is 0 Å². The molecule has 51 valence electrons. The van der Waals surface area contributed by atoms with E-state index in [1.54, 1.807) is 0 Å². The van der Waals surface area contributed by atoms with Gasteiger partial charge >= 0.3 is 22.5 Å². The summed E-state index contributed by atoms with van der Waals surface area (Å²) < 4.78 is 18.8. The zero-order valence-electron chi connectivity index (χ0n) is 4.95. The standard InChI is InChI=1S/C5H7N.Mn.2O/c1-6-4-2-3-5-6;;;/h2-5H,1H3;;;. The molecule has 0 saturated heterocycles. The maximum atomic E-state index is 8.41. The van der Waals surface area contributed by atoms with Crippen LogP contribution in [0.1, 0.15) is 0 Å². The van der Waals surface area contributed by atoms with Crippen LogP contribution in [-0.2, 0) is 29.5 Å². The van der Waals surface area contributed by atoms with Crippen LogP contribution in [0.5, 0.6) is 0 Å². The van der Waals surface area contributed by atoms with E-state index in [0.717, 1.165) is 0 Å². The Balaban J connectivity index is 0.000000187. The number of aromatic nitrogens is 1. The van der Waals surface area contributed by atoms with Crippen LogP contribution in [0.3, 0.4) is 0 Å². The van der Waals surface area contributed by atoms with Crippen LogP contribution in [0.25, 0.3) is 0 Å². The monoisotopic (exact) mass is 168 g/mol. The molecule has 0 atom stereocenters. The van der Waals surface area contributed by atoms with Crippen LogP contribution in [0.4, 0.5) is 0 Å². The van der Waals surface area contributed by atoms with E-state index in [2.05, 4.69) is 0 Å². The molecule has 9 heavy (non-hydrogen) atoms. The molecule has 0 aliphatic carbocycles. The molecule has 0 aliphatic rings. The van der Waals surface area contributed by atoms with Gasteiger partial charge in [0.15, 0.2) is 0 Å². The second kappa shape index (κ2) is 5.53. The fourth-order valence-electron chi connectivity index (χ4n) is 0.421. The SMILES string of the molecule is Cn1cccc1.[O]=[Mn]=[O]. The molecular weight excluding hydrogens is 161 g/mol. The van der Waals surface area contributed by atoms with Gasteiger partial charge in [-0.25, -0.2) is 0 Å². The Kier molecular flexibility index (Phi) is 5.17. The Bertz CT molecular complexity index is 177. The van der Waals surface area contributed by atoms with Crippen molar-refractivity contribution in [2.24, 2.45) is 7.05 Å². The van der Waals surface area contributed by atoms with Crippen molar-refractivity contribution in [2.75, 3.05) is 0 Å². The van der Waals surface area contributed by atoms with Crippen LogP contribution in [0, 0.1) is 0 Å². The Morgan fingerprint density at radius 1 is 1.22 bits per heavy atom. The molecule has 1 aromatic rings. The molecule has 0 amide bonds. The molecule has 0 bridgehead atoms. The van der Waals surface area contributed by atoms with Gasteiger partial charge in [-0.2, -0.15) is 0 Å². The number of hydrogen-bond donors (Lipinski definition) is 0. The second-order valence-electron chi connectivity index (χ2n) is 1.41. The third-order valence-electron chi connectivity index (χ3n) is 0.754. The fourth-order valence-corrected chi connectivity index (χ4v) is 0.421. The molecule has 1 heterocycles. The van der Waals surface area contributed by atoms with Crippen molar-refractivity contribution in [3.05, 3.63) is 24.5 Å². The minimum absolute atomic E-state index is 1.44. The van der Waals surface area contributed by atoms with Crippen molar-refractivity contribution in [3.8, 4) is 0 Å². The van der Waals surface area contributed by atoms with Crippen LogP contribution < -0.4 is 0 Å². The maximum absolute atomic E-state index is 8.41. The van der Waals surface area contributed by atoms with Gasteiger partial charge in [0.05, 0.1) is 0 Å². The number of rotatable bonds is 0. The van der Waals surface area contributed by atoms with Crippen molar-refractivity contribution < 1.29 is 22.5 Å². The Labute approximate surface area is 59.2 Å². The van der Waals surface area contributed by atoms with Crippen LogP contribution in [0.15, 0.2) is 24.5 Å². The van der Waals surface area contributed by atoms with Crippen molar-refractivity contribution in [3.63, 3.8) is 0 Å². The van der Waals surface area contributed by atoms with Crippen LogP contribution in [0.2, 0.25) is 0 Å². The zero-order chi connectivity index (χ0) is 7.11. The van der Waals surface area contributed by atoms with Crippen LogP contribution in [-0.4, -0.2) is 4.57 Å². The quantitative estimate of drug-likeness (QED) is 0.537. The third kappa shape index (κ3) is 5.27. The zero-order valence-corrected chi connectivity index (χ0v) is 6.13. The predicted molar refractivity (Wildman–Crippen MR) is 26.8 cm³/mol. The summed E-state index contributed by atoms with van der Waals surface area (Å²) in [6, 6.07) is 4.00. The van der Waals surface area contributed by atoms with E-state index in [1.807, 2.05) is 36.1 Å². The van der Waals surface area contributed by atoms with Gasteiger partial charge in [-0.05, 0) is 12.1 Å². The van der Waals surface area contributed by atoms with E-state index in [-0.39, 0.29) is 0 Å². The van der Waals surface area contributed by atoms with Crippen molar-refractivity contribution in [1.82, 2.24) is 4.57 Å². The first-order chi connectivity index (χ1) is 4.31. The van der Waals surface area contributed by atoms with Gasteiger partial charge in [-0.1, -0.05) is 0 Å². The first kappa shape index (κ1) is 8.40. The van der Waals surface area contributed by atoms with E-state index in [9.17, 15) is 0 Å². The summed E-state index contributed by atoms with van der Waals surface area (Å²) in [6.07, 6.45) is 4.00. The third-order valence-corrected chi connectivity index (χ3v) is 0.754. The summed E-state index contributed by atoms with van der Waals surface area (Å²) in [6.45, 7) is 0. The van der Waals surface area contributed by atoms with Gasteiger partial charge in [-0.3, -0.25) is 0 Å². The van der Waals surface area contributed by atoms with Gasteiger partial charge in [-0.15, -0.1) is 0 Å². The van der Waals surface area contributed by atoms with E-state index in [1.165, 1.54) is 0 Å². The van der Waals surface area contributed by atoms with Gasteiger partial charge in [0.25, 0.3) is 0 Å². The summed E-state index contributed by atoms with van der Waals surface area (Å²) in [5.41, 5.74) is 0. The van der Waals surface area contributed by atoms with Crippen molar-refractivity contribution in [1.29, 1.82) is 0 Å². The second-order valence-corrected chi connectivity index (χ2v) is 1.61. The topological polar surface area (TPSA) is 39.1 Å². The number of hydrogen-bond acceptors (Lipinski definition) is 2. The Hall–Kier alpha value is -0.601. The molecule has 3 nitrogen and oxygen atoms in total. The van der Waals surface area contributed by atoms with E-state index in [0.29, 0.717) is 0 Å². The molecule has 0 saturated carbocycles. The van der Waals surface area contributed by atoms with Crippen LogP contribution >= 0.6 is 0 Å². The summed E-state index contributed by atoms with van der Waals surface area (Å²) in [5.74, 6) is 0. The Morgan fingerprint density at radius 3 is 1.67 bits per heavy atom. The molecule has 0 aliphatic heterocycles. The van der Waals surface area contributed by atoms with E-state index in [4.69, 9.17) is 7.67 Å². The van der Waals surface area contributed by atoms with E-state index < -0.39 is 14.8 Å². The molecule has 4 heteroatoms. The Morgan fingerprint density at radius 2 is 1.56 bits per heavy atom. The van der Waals surface area contributed by atoms with Gasteiger partial charge in [0, 0.05) is 19.4 Å². The molecule has 0 N–H and O–H groups in total.